The van der Waals surface area contributed by atoms with Gasteiger partial charge in [-0.25, -0.2) is 4.98 Å². The average Bonchev–Trinajstić information content (AvgIpc) is 2.81. The van der Waals surface area contributed by atoms with E-state index in [1.807, 2.05) is 0 Å². The molecule has 1 aromatic rings. The molecule has 1 aliphatic heterocycles. The van der Waals surface area contributed by atoms with E-state index in [0.29, 0.717) is 12.5 Å². The highest BCUT2D eigenvalue weighted by molar-refractivity contribution is 5.08. The minimum absolute atomic E-state index is 0.212. The van der Waals surface area contributed by atoms with Crippen molar-refractivity contribution < 1.29 is 17.9 Å². The van der Waals surface area contributed by atoms with E-state index < -0.39 is 11.9 Å². The smallest absolute Gasteiger partial charge is 0.433 e. The van der Waals surface area contributed by atoms with Gasteiger partial charge in [-0.2, -0.15) is 18.2 Å². The van der Waals surface area contributed by atoms with Crippen molar-refractivity contribution >= 4 is 0 Å². The van der Waals surface area contributed by atoms with E-state index in [0.717, 1.165) is 38.2 Å². The Morgan fingerprint density at radius 1 is 1.44 bits per heavy atom. The van der Waals surface area contributed by atoms with Gasteiger partial charge < -0.3 is 10.1 Å². The van der Waals surface area contributed by atoms with Crippen molar-refractivity contribution in [1.29, 1.82) is 0 Å². The van der Waals surface area contributed by atoms with Crippen LogP contribution >= 0.6 is 0 Å². The van der Waals surface area contributed by atoms with Crippen molar-refractivity contribution in [2.75, 3.05) is 19.7 Å². The third-order valence-corrected chi connectivity index (χ3v) is 2.84. The molecular formula is C11H14F3N3O. The topological polar surface area (TPSA) is 47.0 Å². The monoisotopic (exact) mass is 261 g/mol. The summed E-state index contributed by atoms with van der Waals surface area (Å²) in [6.07, 6.45) is -1.53. The van der Waals surface area contributed by atoms with Gasteiger partial charge in [0.25, 0.3) is 0 Å². The van der Waals surface area contributed by atoms with Crippen LogP contribution in [0.4, 0.5) is 13.2 Å². The first-order valence-corrected chi connectivity index (χ1v) is 5.79. The van der Waals surface area contributed by atoms with E-state index in [1.165, 1.54) is 0 Å². The molecule has 1 aliphatic rings. The molecule has 2 rings (SSSR count). The summed E-state index contributed by atoms with van der Waals surface area (Å²) in [7, 11) is 0. The number of hydrogen-bond donors (Lipinski definition) is 1. The second kappa shape index (κ2) is 5.51. The Kier molecular flexibility index (Phi) is 4.00. The van der Waals surface area contributed by atoms with Gasteiger partial charge >= 0.3 is 12.2 Å². The van der Waals surface area contributed by atoms with Crippen LogP contribution in [0.2, 0.25) is 0 Å². The van der Waals surface area contributed by atoms with Gasteiger partial charge in [-0.15, -0.1) is 0 Å². The summed E-state index contributed by atoms with van der Waals surface area (Å²) in [5, 5.41) is 3.21. The van der Waals surface area contributed by atoms with Crippen LogP contribution in [0.3, 0.4) is 0 Å². The average molecular weight is 261 g/mol. The minimum Gasteiger partial charge on any atom is -0.463 e. The van der Waals surface area contributed by atoms with E-state index >= 15 is 0 Å². The fourth-order valence-electron chi connectivity index (χ4n) is 1.85. The number of halogens is 3. The zero-order valence-corrected chi connectivity index (χ0v) is 9.70. The molecule has 1 fully saturated rings. The van der Waals surface area contributed by atoms with E-state index in [4.69, 9.17) is 4.74 Å². The maximum atomic E-state index is 12.4. The number of rotatable bonds is 4. The summed E-state index contributed by atoms with van der Waals surface area (Å²) in [5.74, 6) is 0.524. The number of alkyl halides is 3. The largest absolute Gasteiger partial charge is 0.463 e. The lowest BCUT2D eigenvalue weighted by Crippen LogP contribution is -2.13. The van der Waals surface area contributed by atoms with E-state index in [-0.39, 0.29) is 6.01 Å². The molecule has 0 radical (unpaired) electrons. The summed E-state index contributed by atoms with van der Waals surface area (Å²) < 4.78 is 42.3. The highest BCUT2D eigenvalue weighted by atomic mass is 19.4. The highest BCUT2D eigenvalue weighted by Crippen LogP contribution is 2.27. The molecule has 1 atom stereocenters. The summed E-state index contributed by atoms with van der Waals surface area (Å²) in [6.45, 7) is 2.27. The van der Waals surface area contributed by atoms with Crippen molar-refractivity contribution in [2.45, 2.75) is 19.0 Å². The van der Waals surface area contributed by atoms with Crippen molar-refractivity contribution in [2.24, 2.45) is 5.92 Å². The molecule has 7 heteroatoms. The van der Waals surface area contributed by atoms with Crippen LogP contribution in [0.5, 0.6) is 6.01 Å². The number of nitrogens with zero attached hydrogens (tertiary/aromatic N) is 2. The van der Waals surface area contributed by atoms with Crippen LogP contribution in [-0.2, 0) is 6.18 Å². The molecule has 100 valence electrons. The molecule has 0 amide bonds. The zero-order valence-electron chi connectivity index (χ0n) is 9.70. The summed E-state index contributed by atoms with van der Waals surface area (Å²) in [4.78, 5) is 7.00. The van der Waals surface area contributed by atoms with Crippen LogP contribution < -0.4 is 10.1 Å². The van der Waals surface area contributed by atoms with Gasteiger partial charge in [-0.1, -0.05) is 0 Å². The summed E-state index contributed by atoms with van der Waals surface area (Å²) >= 11 is 0. The molecule has 1 saturated heterocycles. The SMILES string of the molecule is FC(F)(F)c1ccnc(OCCC2CCNC2)n1. The van der Waals surface area contributed by atoms with Gasteiger partial charge in [0, 0.05) is 6.20 Å². The Bertz CT molecular complexity index is 391. The van der Waals surface area contributed by atoms with Gasteiger partial charge in [0.1, 0.15) is 0 Å². The predicted molar refractivity (Wildman–Crippen MR) is 58.1 cm³/mol. The predicted octanol–water partition coefficient (Wildman–Crippen LogP) is 1.87. The third-order valence-electron chi connectivity index (χ3n) is 2.84. The summed E-state index contributed by atoms with van der Waals surface area (Å²) in [6, 6.07) is 0.615. The standard InChI is InChI=1S/C11H14F3N3O/c12-11(13,14)9-2-5-16-10(17-9)18-6-3-8-1-4-15-7-8/h2,5,8,15H,1,3-4,6-7H2. The van der Waals surface area contributed by atoms with Gasteiger partial charge in [-0.3, -0.25) is 0 Å². The maximum absolute atomic E-state index is 12.4. The second-order valence-corrected chi connectivity index (χ2v) is 4.22. The Morgan fingerprint density at radius 2 is 2.28 bits per heavy atom. The zero-order chi connectivity index (χ0) is 13.0. The van der Waals surface area contributed by atoms with Crippen LogP contribution in [0, 0.1) is 5.92 Å². The molecule has 4 nitrogen and oxygen atoms in total. The molecule has 0 aliphatic carbocycles. The molecule has 1 N–H and O–H groups in total. The number of nitrogens with one attached hydrogen (secondary N) is 1. The quantitative estimate of drug-likeness (QED) is 0.899. The first-order valence-electron chi connectivity index (χ1n) is 5.79. The molecule has 0 saturated carbocycles. The van der Waals surface area contributed by atoms with Crippen LogP contribution in [0.15, 0.2) is 12.3 Å². The Hall–Kier alpha value is -1.37. The maximum Gasteiger partial charge on any atom is 0.433 e. The molecule has 1 aromatic heterocycles. The highest BCUT2D eigenvalue weighted by Gasteiger charge is 2.33. The Morgan fingerprint density at radius 3 is 2.94 bits per heavy atom. The molecule has 0 spiro atoms. The molecule has 2 heterocycles. The van der Waals surface area contributed by atoms with Gasteiger partial charge in [0.05, 0.1) is 6.61 Å². The lowest BCUT2D eigenvalue weighted by atomic mass is 10.1. The lowest BCUT2D eigenvalue weighted by molar-refractivity contribution is -0.141. The van der Waals surface area contributed by atoms with Gasteiger partial charge in [-0.05, 0) is 37.9 Å². The van der Waals surface area contributed by atoms with Crippen molar-refractivity contribution in [3.8, 4) is 6.01 Å². The van der Waals surface area contributed by atoms with Crippen molar-refractivity contribution in [1.82, 2.24) is 15.3 Å². The normalized spacial score (nSPS) is 20.1. The number of aromatic nitrogens is 2. The van der Waals surface area contributed by atoms with E-state index in [2.05, 4.69) is 15.3 Å². The van der Waals surface area contributed by atoms with Crippen LogP contribution in [-0.4, -0.2) is 29.7 Å². The number of ether oxygens (including phenoxy) is 1. The molecule has 0 aromatic carbocycles. The Labute approximate surface area is 103 Å². The third kappa shape index (κ3) is 3.56. The Balaban J connectivity index is 1.85. The molecule has 1 unspecified atom stereocenters. The van der Waals surface area contributed by atoms with E-state index in [9.17, 15) is 13.2 Å². The first-order chi connectivity index (χ1) is 8.55. The lowest BCUT2D eigenvalue weighted by Gasteiger charge is -2.10. The van der Waals surface area contributed by atoms with Gasteiger partial charge in [0.2, 0.25) is 0 Å². The molecular weight excluding hydrogens is 247 g/mol. The van der Waals surface area contributed by atoms with E-state index in [1.54, 1.807) is 0 Å². The van der Waals surface area contributed by atoms with Crippen LogP contribution in [0.25, 0.3) is 0 Å². The van der Waals surface area contributed by atoms with Crippen molar-refractivity contribution in [3.63, 3.8) is 0 Å². The fourth-order valence-corrected chi connectivity index (χ4v) is 1.85. The van der Waals surface area contributed by atoms with Crippen LogP contribution in [0.1, 0.15) is 18.5 Å². The molecule has 18 heavy (non-hydrogen) atoms. The minimum atomic E-state index is -4.46. The number of hydrogen-bond acceptors (Lipinski definition) is 4. The first kappa shape index (κ1) is 13.1. The molecule has 0 bridgehead atoms. The summed E-state index contributed by atoms with van der Waals surface area (Å²) in [5.41, 5.74) is -0.977. The van der Waals surface area contributed by atoms with Crippen molar-refractivity contribution in [3.05, 3.63) is 18.0 Å². The fraction of sp³-hybridized carbons (Fsp3) is 0.636. The second-order valence-electron chi connectivity index (χ2n) is 4.22. The van der Waals surface area contributed by atoms with Gasteiger partial charge in [0.15, 0.2) is 5.69 Å².